The molecule has 4 nitrogen and oxygen atoms in total. The van der Waals surface area contributed by atoms with E-state index >= 15 is 0 Å². The first-order chi connectivity index (χ1) is 9.60. The van der Waals surface area contributed by atoms with Gasteiger partial charge in [-0.2, -0.15) is 0 Å². The second-order valence-corrected chi connectivity index (χ2v) is 5.62. The number of nitrogens with zero attached hydrogens (tertiary/aromatic N) is 1. The van der Waals surface area contributed by atoms with E-state index in [1.807, 2.05) is 6.92 Å². The van der Waals surface area contributed by atoms with Crippen LogP contribution in [0.2, 0.25) is 5.15 Å². The molecule has 1 aromatic rings. The summed E-state index contributed by atoms with van der Waals surface area (Å²) in [6, 6.07) is 3.56. The Kier molecular flexibility index (Phi) is 5.38. The molecule has 0 bridgehead atoms. The minimum atomic E-state index is -0.0806. The van der Waals surface area contributed by atoms with Crippen molar-refractivity contribution in [2.24, 2.45) is 5.92 Å². The molecule has 0 saturated carbocycles. The summed E-state index contributed by atoms with van der Waals surface area (Å²) >= 11 is 5.95. The Bertz CT molecular complexity index is 473. The van der Waals surface area contributed by atoms with Gasteiger partial charge < -0.3 is 10.1 Å². The lowest BCUT2D eigenvalue weighted by atomic mass is 9.93. The van der Waals surface area contributed by atoms with E-state index in [0.717, 1.165) is 38.2 Å². The van der Waals surface area contributed by atoms with E-state index in [1.165, 1.54) is 0 Å². The van der Waals surface area contributed by atoms with Crippen molar-refractivity contribution in [2.75, 3.05) is 13.2 Å². The quantitative estimate of drug-likeness (QED) is 0.869. The molecule has 110 valence electrons. The zero-order valence-electron chi connectivity index (χ0n) is 12.0. The summed E-state index contributed by atoms with van der Waals surface area (Å²) in [5.41, 5.74) is 1.42. The lowest BCUT2D eigenvalue weighted by Gasteiger charge is -2.28. The SMILES string of the molecule is CCc1cc(C(=O)NC(C)C2CCOCC2)cc(Cl)n1. The number of halogens is 1. The van der Waals surface area contributed by atoms with Crippen LogP contribution in [0.25, 0.3) is 0 Å². The highest BCUT2D eigenvalue weighted by Gasteiger charge is 2.22. The largest absolute Gasteiger partial charge is 0.381 e. The van der Waals surface area contributed by atoms with Crippen LogP contribution < -0.4 is 5.32 Å². The number of carbonyl (C=O) groups excluding carboxylic acids is 1. The highest BCUT2D eigenvalue weighted by Crippen LogP contribution is 2.19. The molecule has 1 saturated heterocycles. The van der Waals surface area contributed by atoms with Crippen molar-refractivity contribution in [1.29, 1.82) is 0 Å². The molecule has 2 heterocycles. The maximum atomic E-state index is 12.3. The molecule has 1 unspecified atom stereocenters. The van der Waals surface area contributed by atoms with Crippen molar-refractivity contribution in [2.45, 2.75) is 39.2 Å². The Morgan fingerprint density at radius 1 is 1.50 bits per heavy atom. The first-order valence-corrected chi connectivity index (χ1v) is 7.53. The standard InChI is InChI=1S/C15H21ClN2O2/c1-3-13-8-12(9-14(16)18-13)15(19)17-10(2)11-4-6-20-7-5-11/h8-11H,3-7H2,1-2H3,(H,17,19). The van der Waals surface area contributed by atoms with E-state index in [1.54, 1.807) is 12.1 Å². The predicted molar refractivity (Wildman–Crippen MR) is 79.1 cm³/mol. The molecule has 0 spiro atoms. The maximum Gasteiger partial charge on any atom is 0.251 e. The molecular formula is C15H21ClN2O2. The van der Waals surface area contributed by atoms with Gasteiger partial charge in [0.1, 0.15) is 5.15 Å². The third-order valence-electron chi connectivity index (χ3n) is 3.80. The third-order valence-corrected chi connectivity index (χ3v) is 4.00. The van der Waals surface area contributed by atoms with Crippen LogP contribution in [-0.4, -0.2) is 30.1 Å². The molecule has 1 amide bonds. The van der Waals surface area contributed by atoms with Crippen molar-refractivity contribution in [3.63, 3.8) is 0 Å². The van der Waals surface area contributed by atoms with Gasteiger partial charge >= 0.3 is 0 Å². The number of hydrogen-bond donors (Lipinski definition) is 1. The van der Waals surface area contributed by atoms with Crippen molar-refractivity contribution in [1.82, 2.24) is 10.3 Å². The second-order valence-electron chi connectivity index (χ2n) is 5.24. The van der Waals surface area contributed by atoms with E-state index < -0.39 is 0 Å². The second kappa shape index (κ2) is 7.04. The molecule has 1 aromatic heterocycles. The number of carbonyl (C=O) groups is 1. The van der Waals surface area contributed by atoms with Crippen LogP contribution in [0.1, 0.15) is 42.7 Å². The topological polar surface area (TPSA) is 51.2 Å². The summed E-state index contributed by atoms with van der Waals surface area (Å²) < 4.78 is 5.35. The Balaban J connectivity index is 2.01. The van der Waals surface area contributed by atoms with E-state index in [4.69, 9.17) is 16.3 Å². The lowest BCUT2D eigenvalue weighted by molar-refractivity contribution is 0.0538. The van der Waals surface area contributed by atoms with E-state index in [0.29, 0.717) is 16.6 Å². The Morgan fingerprint density at radius 2 is 2.20 bits per heavy atom. The fourth-order valence-corrected chi connectivity index (χ4v) is 2.71. The fourth-order valence-electron chi connectivity index (χ4n) is 2.49. The van der Waals surface area contributed by atoms with Crippen LogP contribution in [0.4, 0.5) is 0 Å². The van der Waals surface area contributed by atoms with Gasteiger partial charge in [-0.05, 0) is 44.2 Å². The molecule has 0 aromatic carbocycles. The molecule has 2 rings (SSSR count). The number of nitrogens with one attached hydrogen (secondary N) is 1. The number of aryl methyl sites for hydroxylation is 1. The maximum absolute atomic E-state index is 12.3. The van der Waals surface area contributed by atoms with Gasteiger partial charge in [-0.15, -0.1) is 0 Å². The number of aromatic nitrogens is 1. The molecule has 20 heavy (non-hydrogen) atoms. The van der Waals surface area contributed by atoms with Crippen LogP contribution in [0.5, 0.6) is 0 Å². The van der Waals surface area contributed by atoms with Gasteiger partial charge in [0.2, 0.25) is 0 Å². The van der Waals surface area contributed by atoms with Crippen LogP contribution in [0.15, 0.2) is 12.1 Å². The molecule has 5 heteroatoms. The van der Waals surface area contributed by atoms with Crippen molar-refractivity contribution in [3.8, 4) is 0 Å². The smallest absolute Gasteiger partial charge is 0.251 e. The van der Waals surface area contributed by atoms with Crippen molar-refractivity contribution >= 4 is 17.5 Å². The van der Waals surface area contributed by atoms with E-state index in [2.05, 4.69) is 17.2 Å². The molecule has 0 radical (unpaired) electrons. The number of rotatable bonds is 4. The monoisotopic (exact) mass is 296 g/mol. The highest BCUT2D eigenvalue weighted by molar-refractivity contribution is 6.29. The first-order valence-electron chi connectivity index (χ1n) is 7.15. The van der Waals surface area contributed by atoms with Gasteiger partial charge in [-0.1, -0.05) is 18.5 Å². The van der Waals surface area contributed by atoms with Gasteiger partial charge in [-0.3, -0.25) is 4.79 Å². The molecule has 1 N–H and O–H groups in total. The van der Waals surface area contributed by atoms with Gasteiger partial charge in [0, 0.05) is 30.5 Å². The molecule has 1 fully saturated rings. The predicted octanol–water partition coefficient (Wildman–Crippen LogP) is 2.84. The van der Waals surface area contributed by atoms with Gasteiger partial charge in [0.25, 0.3) is 5.91 Å². The van der Waals surface area contributed by atoms with Crippen LogP contribution in [0.3, 0.4) is 0 Å². The zero-order valence-corrected chi connectivity index (χ0v) is 12.7. The van der Waals surface area contributed by atoms with Gasteiger partial charge in [0.05, 0.1) is 0 Å². The summed E-state index contributed by atoms with van der Waals surface area (Å²) in [5.74, 6) is 0.402. The Hall–Kier alpha value is -1.13. The molecule has 0 aliphatic carbocycles. The molecule has 1 aliphatic rings. The van der Waals surface area contributed by atoms with Gasteiger partial charge in [-0.25, -0.2) is 4.98 Å². The normalized spacial score (nSPS) is 17.8. The van der Waals surface area contributed by atoms with E-state index in [9.17, 15) is 4.79 Å². The number of pyridine rings is 1. The minimum absolute atomic E-state index is 0.0806. The average Bonchev–Trinajstić information content (AvgIpc) is 2.47. The molecule has 1 atom stereocenters. The van der Waals surface area contributed by atoms with Crippen LogP contribution in [0, 0.1) is 5.92 Å². The summed E-state index contributed by atoms with van der Waals surface area (Å²) in [4.78, 5) is 16.5. The third kappa shape index (κ3) is 3.93. The lowest BCUT2D eigenvalue weighted by Crippen LogP contribution is -2.40. The summed E-state index contributed by atoms with van der Waals surface area (Å²) in [7, 11) is 0. The highest BCUT2D eigenvalue weighted by atomic mass is 35.5. The Labute approximate surface area is 124 Å². The number of ether oxygens (including phenoxy) is 1. The zero-order chi connectivity index (χ0) is 14.5. The molecular weight excluding hydrogens is 276 g/mol. The summed E-state index contributed by atoms with van der Waals surface area (Å²) in [6.07, 6.45) is 2.76. The Morgan fingerprint density at radius 3 is 2.85 bits per heavy atom. The minimum Gasteiger partial charge on any atom is -0.381 e. The van der Waals surface area contributed by atoms with Crippen molar-refractivity contribution < 1.29 is 9.53 Å². The molecule has 1 aliphatic heterocycles. The first kappa shape index (κ1) is 15.3. The van der Waals surface area contributed by atoms with Gasteiger partial charge in [0.15, 0.2) is 0 Å². The van der Waals surface area contributed by atoms with Crippen LogP contribution in [-0.2, 0) is 11.2 Å². The van der Waals surface area contributed by atoms with E-state index in [-0.39, 0.29) is 11.9 Å². The summed E-state index contributed by atoms with van der Waals surface area (Å²) in [5, 5.41) is 3.43. The average molecular weight is 297 g/mol. The van der Waals surface area contributed by atoms with Crippen LogP contribution >= 0.6 is 11.6 Å². The fraction of sp³-hybridized carbons (Fsp3) is 0.600. The summed E-state index contributed by atoms with van der Waals surface area (Å²) in [6.45, 7) is 5.61. The number of hydrogen-bond acceptors (Lipinski definition) is 3. The number of amides is 1. The van der Waals surface area contributed by atoms with Crippen molar-refractivity contribution in [3.05, 3.63) is 28.5 Å².